The van der Waals surface area contributed by atoms with Gasteiger partial charge in [-0.05, 0) is 48.4 Å². The van der Waals surface area contributed by atoms with Gasteiger partial charge in [-0.2, -0.15) is 0 Å². The predicted octanol–water partition coefficient (Wildman–Crippen LogP) is 3.40. The molecular formula is C18H21ClN2O4S. The molecule has 0 spiro atoms. The van der Waals surface area contributed by atoms with Crippen molar-refractivity contribution in [3.8, 4) is 0 Å². The van der Waals surface area contributed by atoms with Crippen LogP contribution in [0.5, 0.6) is 0 Å². The van der Waals surface area contributed by atoms with Gasteiger partial charge >= 0.3 is 0 Å². The topological polar surface area (TPSA) is 75.7 Å². The summed E-state index contributed by atoms with van der Waals surface area (Å²) in [5, 5.41) is 3.58. The number of carbonyl (C=O) groups excluding carboxylic acids is 1. The first-order valence-corrected chi connectivity index (χ1v) is 9.80. The maximum absolute atomic E-state index is 12.5. The van der Waals surface area contributed by atoms with Gasteiger partial charge in [0.25, 0.3) is 15.9 Å². The third-order valence-corrected chi connectivity index (χ3v) is 5.94. The van der Waals surface area contributed by atoms with Gasteiger partial charge in [-0.1, -0.05) is 35.1 Å². The van der Waals surface area contributed by atoms with E-state index in [1.165, 1.54) is 38.4 Å². The van der Waals surface area contributed by atoms with Crippen LogP contribution in [0.25, 0.3) is 0 Å². The highest BCUT2D eigenvalue weighted by molar-refractivity contribution is 7.89. The molecule has 0 aliphatic carbocycles. The highest BCUT2D eigenvalue weighted by Crippen LogP contribution is 2.20. The molecule has 2 rings (SSSR count). The zero-order valence-electron chi connectivity index (χ0n) is 14.8. The van der Waals surface area contributed by atoms with Crippen LogP contribution in [0.1, 0.15) is 35.3 Å². The van der Waals surface area contributed by atoms with Gasteiger partial charge in [0.2, 0.25) is 0 Å². The SMILES string of the molecule is CC[C@H](NC(=O)c1ccc(S(=O)(=O)N(C)OC)cc1)c1ccc(Cl)cc1. The van der Waals surface area contributed by atoms with Crippen LogP contribution in [0, 0.1) is 0 Å². The van der Waals surface area contributed by atoms with Gasteiger partial charge in [0.15, 0.2) is 0 Å². The highest BCUT2D eigenvalue weighted by Gasteiger charge is 2.21. The minimum absolute atomic E-state index is 0.0446. The fourth-order valence-electron chi connectivity index (χ4n) is 2.38. The summed E-state index contributed by atoms with van der Waals surface area (Å²) in [6, 6.07) is 12.8. The molecule has 8 heteroatoms. The Labute approximate surface area is 158 Å². The number of hydroxylamine groups is 1. The van der Waals surface area contributed by atoms with E-state index >= 15 is 0 Å². The Hall–Kier alpha value is -1.93. The fraction of sp³-hybridized carbons (Fsp3) is 0.278. The van der Waals surface area contributed by atoms with E-state index in [0.717, 1.165) is 10.0 Å². The molecule has 2 aromatic rings. The van der Waals surface area contributed by atoms with Gasteiger partial charge in [0, 0.05) is 17.6 Å². The highest BCUT2D eigenvalue weighted by atomic mass is 35.5. The van der Waals surface area contributed by atoms with Gasteiger partial charge in [0.05, 0.1) is 18.0 Å². The average molecular weight is 397 g/mol. The third kappa shape index (κ3) is 4.62. The molecular weight excluding hydrogens is 376 g/mol. The number of nitrogens with zero attached hydrogens (tertiary/aromatic N) is 1. The summed E-state index contributed by atoms with van der Waals surface area (Å²) in [6.45, 7) is 1.97. The Morgan fingerprint density at radius 2 is 1.73 bits per heavy atom. The molecule has 0 unspecified atom stereocenters. The van der Waals surface area contributed by atoms with Crippen LogP contribution >= 0.6 is 11.6 Å². The van der Waals surface area contributed by atoms with Crippen molar-refractivity contribution in [3.05, 3.63) is 64.7 Å². The first kappa shape index (κ1) is 20.4. The second-order valence-corrected chi connectivity index (χ2v) is 7.98. The Kier molecular flexibility index (Phi) is 6.77. The van der Waals surface area contributed by atoms with E-state index in [4.69, 9.17) is 16.4 Å². The molecule has 1 amide bonds. The Morgan fingerprint density at radius 1 is 1.15 bits per heavy atom. The number of sulfonamides is 1. The molecule has 0 fully saturated rings. The maximum Gasteiger partial charge on any atom is 0.264 e. The summed E-state index contributed by atoms with van der Waals surface area (Å²) in [7, 11) is -1.17. The van der Waals surface area contributed by atoms with Gasteiger partial charge in [-0.25, -0.2) is 8.42 Å². The van der Waals surface area contributed by atoms with Crippen molar-refractivity contribution in [1.29, 1.82) is 0 Å². The summed E-state index contributed by atoms with van der Waals surface area (Å²) in [4.78, 5) is 17.3. The summed E-state index contributed by atoms with van der Waals surface area (Å²) in [6.07, 6.45) is 0.707. The molecule has 0 saturated heterocycles. The van der Waals surface area contributed by atoms with Crippen molar-refractivity contribution in [2.24, 2.45) is 0 Å². The summed E-state index contributed by atoms with van der Waals surface area (Å²) >= 11 is 5.90. The fourth-order valence-corrected chi connectivity index (χ4v) is 3.48. The number of hydrogen-bond donors (Lipinski definition) is 1. The van der Waals surface area contributed by atoms with Gasteiger partial charge in [-0.15, -0.1) is 0 Å². The van der Waals surface area contributed by atoms with Crippen molar-refractivity contribution in [3.63, 3.8) is 0 Å². The van der Waals surface area contributed by atoms with Crippen LogP contribution in [0.15, 0.2) is 53.4 Å². The van der Waals surface area contributed by atoms with Crippen LogP contribution in [0.3, 0.4) is 0 Å². The van der Waals surface area contributed by atoms with Crippen LogP contribution in [0.4, 0.5) is 0 Å². The van der Waals surface area contributed by atoms with Gasteiger partial charge in [-0.3, -0.25) is 9.63 Å². The number of nitrogens with one attached hydrogen (secondary N) is 1. The lowest BCUT2D eigenvalue weighted by Gasteiger charge is -2.18. The largest absolute Gasteiger partial charge is 0.345 e. The number of hydrogen-bond acceptors (Lipinski definition) is 4. The minimum atomic E-state index is -3.74. The second-order valence-electron chi connectivity index (χ2n) is 5.61. The Bertz CT molecular complexity index is 852. The standard InChI is InChI=1S/C18H21ClN2O4S/c1-4-17(13-5-9-15(19)10-6-13)20-18(22)14-7-11-16(12-8-14)26(23,24)21(2)25-3/h5-12,17H,4H2,1-3H3,(H,20,22)/t17-/m0/s1. The van der Waals surface area contributed by atoms with Crippen LogP contribution < -0.4 is 5.32 Å². The maximum atomic E-state index is 12.5. The first-order valence-electron chi connectivity index (χ1n) is 7.99. The molecule has 6 nitrogen and oxygen atoms in total. The smallest absolute Gasteiger partial charge is 0.264 e. The molecule has 1 N–H and O–H groups in total. The molecule has 1 atom stereocenters. The van der Waals surface area contributed by atoms with Gasteiger partial charge < -0.3 is 5.32 Å². The zero-order valence-corrected chi connectivity index (χ0v) is 16.3. The average Bonchev–Trinajstić information content (AvgIpc) is 2.66. The Balaban J connectivity index is 2.15. The molecule has 0 aliphatic heterocycles. The second kappa shape index (κ2) is 8.64. The number of halogens is 1. The van der Waals surface area contributed by atoms with E-state index in [1.54, 1.807) is 12.1 Å². The van der Waals surface area contributed by atoms with Crippen LogP contribution in [0.2, 0.25) is 5.02 Å². The monoisotopic (exact) mass is 396 g/mol. The lowest BCUT2D eigenvalue weighted by molar-refractivity contribution is -0.0258. The first-order chi connectivity index (χ1) is 12.3. The van der Waals surface area contributed by atoms with E-state index < -0.39 is 10.0 Å². The number of rotatable bonds is 7. The molecule has 0 aromatic heterocycles. The van der Waals surface area contributed by atoms with Crippen molar-refractivity contribution in [2.75, 3.05) is 14.2 Å². The quantitative estimate of drug-likeness (QED) is 0.728. The van der Waals surface area contributed by atoms with E-state index in [2.05, 4.69) is 5.32 Å². The molecule has 0 heterocycles. The van der Waals surface area contributed by atoms with E-state index in [1.807, 2.05) is 19.1 Å². The van der Waals surface area contributed by atoms with Crippen molar-refractivity contribution < 1.29 is 18.0 Å². The van der Waals surface area contributed by atoms with Crippen molar-refractivity contribution >= 4 is 27.5 Å². The minimum Gasteiger partial charge on any atom is -0.345 e. The molecule has 0 radical (unpaired) electrons. The molecule has 0 aliphatic rings. The van der Waals surface area contributed by atoms with E-state index in [9.17, 15) is 13.2 Å². The van der Waals surface area contributed by atoms with E-state index in [-0.39, 0.29) is 16.8 Å². The van der Waals surface area contributed by atoms with Crippen molar-refractivity contribution in [2.45, 2.75) is 24.3 Å². The number of amides is 1. The molecule has 26 heavy (non-hydrogen) atoms. The molecule has 140 valence electrons. The lowest BCUT2D eigenvalue weighted by Crippen LogP contribution is -2.28. The molecule has 0 saturated carbocycles. The predicted molar refractivity (Wildman–Crippen MR) is 100 cm³/mol. The Morgan fingerprint density at radius 3 is 2.23 bits per heavy atom. The molecule has 0 bridgehead atoms. The number of carbonyl (C=O) groups is 1. The summed E-state index contributed by atoms with van der Waals surface area (Å²) < 4.78 is 25.1. The normalized spacial score (nSPS) is 12.8. The zero-order chi connectivity index (χ0) is 19.3. The third-order valence-electron chi connectivity index (χ3n) is 4.00. The van der Waals surface area contributed by atoms with E-state index in [0.29, 0.717) is 17.0 Å². The lowest BCUT2D eigenvalue weighted by atomic mass is 10.0. The molecule has 2 aromatic carbocycles. The van der Waals surface area contributed by atoms with Crippen LogP contribution in [-0.4, -0.2) is 33.0 Å². The summed E-state index contributed by atoms with van der Waals surface area (Å²) in [5.41, 5.74) is 1.32. The summed E-state index contributed by atoms with van der Waals surface area (Å²) in [5.74, 6) is -0.282. The number of benzene rings is 2. The van der Waals surface area contributed by atoms with Gasteiger partial charge in [0.1, 0.15) is 0 Å². The van der Waals surface area contributed by atoms with Crippen molar-refractivity contribution in [1.82, 2.24) is 9.79 Å². The van der Waals surface area contributed by atoms with Crippen LogP contribution in [-0.2, 0) is 14.9 Å².